The maximum atomic E-state index is 14.1. The van der Waals surface area contributed by atoms with E-state index in [4.69, 9.17) is 4.98 Å². The molecule has 0 unspecified atom stereocenters. The lowest BCUT2D eigenvalue weighted by Crippen LogP contribution is -2.40. The maximum absolute atomic E-state index is 14.1. The van der Waals surface area contributed by atoms with E-state index in [0.29, 0.717) is 31.0 Å². The third-order valence-electron chi connectivity index (χ3n) is 12.0. The number of benzene rings is 4. The lowest BCUT2D eigenvalue weighted by molar-refractivity contribution is -0.138. The predicted molar refractivity (Wildman–Crippen MR) is 232 cm³/mol. The van der Waals surface area contributed by atoms with Gasteiger partial charge >= 0.3 is 5.97 Å². The Hall–Kier alpha value is -6.37. The van der Waals surface area contributed by atoms with Gasteiger partial charge in [0.2, 0.25) is 11.8 Å². The van der Waals surface area contributed by atoms with E-state index in [1.165, 1.54) is 0 Å². The molecule has 2 aliphatic rings. The Morgan fingerprint density at radius 3 is 1.63 bits per heavy atom. The Balaban J connectivity index is 0.991. The number of likely N-dealkylation sites (tertiary alicyclic amines) is 2. The zero-order valence-corrected chi connectivity index (χ0v) is 34.8. The number of hydrogen-bond donors (Lipinski definition) is 2. The van der Waals surface area contributed by atoms with Gasteiger partial charge in [0.05, 0.1) is 29.7 Å². The lowest BCUT2D eigenvalue weighted by atomic mass is 10.0. The molecular formula is C48H52N8O4. The van der Waals surface area contributed by atoms with Crippen molar-refractivity contribution in [2.45, 2.75) is 49.9 Å². The van der Waals surface area contributed by atoms with Crippen molar-refractivity contribution >= 4 is 17.8 Å². The van der Waals surface area contributed by atoms with Crippen molar-refractivity contribution in [2.24, 2.45) is 7.05 Å². The number of carbonyl (C=O) groups is 3. The number of carboxylic acid groups (broad SMARTS) is 1. The molecule has 60 heavy (non-hydrogen) atoms. The van der Waals surface area contributed by atoms with Crippen LogP contribution < -0.4 is 0 Å². The Kier molecular flexibility index (Phi) is 11.5. The molecule has 0 saturated carbocycles. The number of imidazole rings is 2. The minimum absolute atomic E-state index is 0.0248. The van der Waals surface area contributed by atoms with E-state index >= 15 is 0 Å². The summed E-state index contributed by atoms with van der Waals surface area (Å²) in [6.07, 6.45) is 5.11. The quantitative estimate of drug-likeness (QED) is 0.128. The fourth-order valence-corrected chi connectivity index (χ4v) is 9.13. The first kappa shape index (κ1) is 40.4. The number of aromatic amines is 1. The molecule has 0 radical (unpaired) electrons. The van der Waals surface area contributed by atoms with Crippen molar-refractivity contribution in [1.29, 1.82) is 0 Å². The fraction of sp³-hybridized carbons (Fsp3) is 0.312. The van der Waals surface area contributed by atoms with Crippen LogP contribution in [0, 0.1) is 0 Å². The first-order chi connectivity index (χ1) is 29.0. The van der Waals surface area contributed by atoms with Gasteiger partial charge in [-0.1, -0.05) is 109 Å². The number of aromatic nitrogens is 4. The minimum atomic E-state index is -1.11. The Bertz CT molecular complexity index is 2460. The number of H-pyrrole nitrogens is 1. The van der Waals surface area contributed by atoms with Crippen molar-refractivity contribution in [2.75, 3.05) is 41.3 Å². The molecule has 12 nitrogen and oxygen atoms in total. The minimum Gasteiger partial charge on any atom is -0.476 e. The summed E-state index contributed by atoms with van der Waals surface area (Å²) < 4.78 is 1.85. The molecule has 0 aliphatic carbocycles. The van der Waals surface area contributed by atoms with E-state index in [-0.39, 0.29) is 35.6 Å². The van der Waals surface area contributed by atoms with E-state index in [1.54, 1.807) is 0 Å². The molecule has 2 aromatic heterocycles. The topological polar surface area (TPSA) is 131 Å². The van der Waals surface area contributed by atoms with Gasteiger partial charge in [-0.3, -0.25) is 19.4 Å². The maximum Gasteiger partial charge on any atom is 0.356 e. The number of carbonyl (C=O) groups excluding carboxylic acids is 2. The highest BCUT2D eigenvalue weighted by Crippen LogP contribution is 2.39. The first-order valence-corrected chi connectivity index (χ1v) is 20.6. The van der Waals surface area contributed by atoms with Gasteiger partial charge < -0.3 is 24.5 Å². The molecule has 2 saturated heterocycles. The van der Waals surface area contributed by atoms with Crippen molar-refractivity contribution in [1.82, 2.24) is 39.1 Å². The second kappa shape index (κ2) is 17.1. The summed E-state index contributed by atoms with van der Waals surface area (Å²) in [5.74, 6) is 0.296. The van der Waals surface area contributed by atoms with Gasteiger partial charge in [0, 0.05) is 25.7 Å². The van der Waals surface area contributed by atoms with Crippen LogP contribution in [0.25, 0.3) is 33.6 Å². The summed E-state index contributed by atoms with van der Waals surface area (Å²) in [7, 11) is 9.53. The molecule has 6 aromatic rings. The average molecular weight is 805 g/mol. The van der Waals surface area contributed by atoms with Crippen LogP contribution in [0.5, 0.6) is 0 Å². The molecule has 4 atom stereocenters. The molecule has 2 aliphatic heterocycles. The molecule has 2 amide bonds. The number of aromatic carboxylic acids is 1. The van der Waals surface area contributed by atoms with Crippen LogP contribution >= 0.6 is 0 Å². The van der Waals surface area contributed by atoms with E-state index in [9.17, 15) is 19.5 Å². The van der Waals surface area contributed by atoms with Crippen molar-refractivity contribution < 1.29 is 19.5 Å². The highest BCUT2D eigenvalue weighted by molar-refractivity contribution is 5.93. The summed E-state index contributed by atoms with van der Waals surface area (Å²) >= 11 is 0. The molecule has 12 heteroatoms. The molecule has 2 N–H and O–H groups in total. The number of hydrogen-bond acceptors (Lipinski definition) is 7. The molecule has 0 spiro atoms. The normalized spacial score (nSPS) is 17.7. The largest absolute Gasteiger partial charge is 0.476 e. The second-order valence-corrected chi connectivity index (χ2v) is 16.3. The van der Waals surface area contributed by atoms with E-state index in [1.807, 2.05) is 151 Å². The predicted octanol–water partition coefficient (Wildman–Crippen LogP) is 7.78. The van der Waals surface area contributed by atoms with E-state index < -0.39 is 12.0 Å². The highest BCUT2D eigenvalue weighted by Gasteiger charge is 2.40. The molecule has 308 valence electrons. The Morgan fingerprint density at radius 2 is 1.13 bits per heavy atom. The van der Waals surface area contributed by atoms with Gasteiger partial charge in [-0.05, 0) is 81.7 Å². The van der Waals surface area contributed by atoms with Gasteiger partial charge in [-0.25, -0.2) is 14.8 Å². The van der Waals surface area contributed by atoms with Crippen LogP contribution in [0.3, 0.4) is 0 Å². The van der Waals surface area contributed by atoms with Gasteiger partial charge in [-0.2, -0.15) is 0 Å². The van der Waals surface area contributed by atoms with Gasteiger partial charge in [-0.15, -0.1) is 0 Å². The third kappa shape index (κ3) is 7.76. The van der Waals surface area contributed by atoms with Crippen LogP contribution in [-0.2, 0) is 16.6 Å². The summed E-state index contributed by atoms with van der Waals surface area (Å²) in [6.45, 7) is 1.27. The third-order valence-corrected chi connectivity index (χ3v) is 12.0. The van der Waals surface area contributed by atoms with Crippen LogP contribution in [0.1, 0.15) is 83.1 Å². The van der Waals surface area contributed by atoms with Crippen molar-refractivity contribution in [3.05, 3.63) is 144 Å². The number of rotatable bonds is 12. The van der Waals surface area contributed by atoms with Crippen molar-refractivity contribution in [3.8, 4) is 33.6 Å². The number of likely N-dealkylation sites (N-methyl/N-ethyl adjacent to an activating group) is 2. The standard InChI is InChI=1S/C48H52N8O4/c1-52(2)42(34-14-8-6-9-15-34)46(57)55-28-12-18-38(55)44-49-30-37(50-44)33-24-20-31(21-25-33)32-22-26-36(27-23-32)41-40(48(59)60)51-45(54(41)5)39-19-13-29-56(39)47(58)43(53(3)4)35-16-10-7-11-17-35/h6-11,14-17,20-27,30,38-39,42-43H,12-13,18-19,28-29H2,1-5H3,(H,49,50)(H,59,60)/t38-,39-,42+,43+/m0/s1. The Morgan fingerprint density at radius 1 is 0.667 bits per heavy atom. The van der Waals surface area contributed by atoms with Crippen LogP contribution in [0.15, 0.2) is 115 Å². The zero-order valence-electron chi connectivity index (χ0n) is 34.8. The van der Waals surface area contributed by atoms with Crippen LogP contribution in [0.4, 0.5) is 0 Å². The number of nitrogens with zero attached hydrogens (tertiary/aromatic N) is 7. The lowest BCUT2D eigenvalue weighted by Gasteiger charge is -2.32. The summed E-state index contributed by atoms with van der Waals surface area (Å²) in [5, 5.41) is 10.3. The van der Waals surface area contributed by atoms with Crippen LogP contribution in [0.2, 0.25) is 0 Å². The number of carboxylic acids is 1. The molecule has 8 rings (SSSR count). The summed E-state index contributed by atoms with van der Waals surface area (Å²) in [6, 6.07) is 34.4. The molecule has 4 heterocycles. The monoisotopic (exact) mass is 804 g/mol. The summed E-state index contributed by atoms with van der Waals surface area (Å²) in [5.41, 5.74) is 6.93. The zero-order chi connectivity index (χ0) is 42.1. The van der Waals surface area contributed by atoms with E-state index in [2.05, 4.69) is 34.2 Å². The van der Waals surface area contributed by atoms with Gasteiger partial charge in [0.15, 0.2) is 5.69 Å². The summed E-state index contributed by atoms with van der Waals surface area (Å²) in [4.78, 5) is 61.4. The van der Waals surface area contributed by atoms with E-state index in [0.717, 1.165) is 64.2 Å². The number of amides is 2. The first-order valence-electron chi connectivity index (χ1n) is 20.6. The molecule has 0 bridgehead atoms. The smallest absolute Gasteiger partial charge is 0.356 e. The SMILES string of the molecule is CN(C)[C@@H](C(=O)N1CCC[C@H]1c1ncc(-c2ccc(-c3ccc(-c4c(C(=O)O)nc([C@@H]5CCCN5C(=O)[C@@H](c5ccccc5)N(C)C)n4C)cc3)cc2)[nH]1)c1ccccc1. The van der Waals surface area contributed by atoms with Gasteiger partial charge in [0.25, 0.3) is 0 Å². The van der Waals surface area contributed by atoms with Gasteiger partial charge in [0.1, 0.15) is 23.7 Å². The molecular weight excluding hydrogens is 753 g/mol. The average Bonchev–Trinajstić information content (AvgIpc) is 4.08. The van der Waals surface area contributed by atoms with Crippen molar-refractivity contribution in [3.63, 3.8) is 0 Å². The number of nitrogens with one attached hydrogen (secondary N) is 1. The molecule has 2 fully saturated rings. The fourth-order valence-electron chi connectivity index (χ4n) is 9.13. The Labute approximate surface area is 351 Å². The highest BCUT2D eigenvalue weighted by atomic mass is 16.4. The van der Waals surface area contributed by atoms with Crippen LogP contribution in [-0.4, -0.2) is 103 Å². The molecule has 4 aromatic carbocycles. The second-order valence-electron chi connectivity index (χ2n) is 16.3.